The Morgan fingerprint density at radius 1 is 1.50 bits per heavy atom. The fourth-order valence-electron chi connectivity index (χ4n) is 1.87. The standard InChI is InChI=1S/C11H20N2O2S/c1-2-13(6-3-10(12)16)11(14)9-4-7-15-8-5-9/h9H,2-8H2,1H3,(H2,12,16). The summed E-state index contributed by atoms with van der Waals surface area (Å²) in [4.78, 5) is 14.4. The predicted molar refractivity (Wildman–Crippen MR) is 67.2 cm³/mol. The Labute approximate surface area is 102 Å². The number of hydrogen-bond acceptors (Lipinski definition) is 3. The van der Waals surface area contributed by atoms with Gasteiger partial charge in [0.05, 0.1) is 4.99 Å². The molecule has 0 aliphatic carbocycles. The number of hydrogen-bond donors (Lipinski definition) is 1. The first-order valence-electron chi connectivity index (χ1n) is 5.80. The molecular formula is C11H20N2O2S. The lowest BCUT2D eigenvalue weighted by molar-refractivity contribution is -0.138. The predicted octanol–water partition coefficient (Wildman–Crippen LogP) is 0.938. The molecule has 1 fully saturated rings. The van der Waals surface area contributed by atoms with Gasteiger partial charge in [-0.15, -0.1) is 0 Å². The fraction of sp³-hybridized carbons (Fsp3) is 0.818. The summed E-state index contributed by atoms with van der Waals surface area (Å²) in [6.45, 7) is 4.74. The van der Waals surface area contributed by atoms with Crippen LogP contribution < -0.4 is 5.73 Å². The van der Waals surface area contributed by atoms with E-state index in [9.17, 15) is 4.79 Å². The number of rotatable bonds is 5. The van der Waals surface area contributed by atoms with E-state index >= 15 is 0 Å². The third-order valence-corrected chi connectivity index (χ3v) is 3.10. The fourth-order valence-corrected chi connectivity index (χ4v) is 1.96. The van der Waals surface area contributed by atoms with Crippen LogP contribution in [0.15, 0.2) is 0 Å². The van der Waals surface area contributed by atoms with Gasteiger partial charge in [-0.3, -0.25) is 4.79 Å². The van der Waals surface area contributed by atoms with Crippen molar-refractivity contribution >= 4 is 23.1 Å². The normalized spacial score (nSPS) is 17.1. The zero-order valence-electron chi connectivity index (χ0n) is 9.78. The third kappa shape index (κ3) is 4.06. The quantitative estimate of drug-likeness (QED) is 0.731. The van der Waals surface area contributed by atoms with E-state index in [0.717, 1.165) is 19.4 Å². The van der Waals surface area contributed by atoms with E-state index in [2.05, 4.69) is 0 Å². The Bertz CT molecular complexity index is 252. The van der Waals surface area contributed by atoms with E-state index < -0.39 is 0 Å². The Balaban J connectivity index is 2.44. The number of nitrogens with zero attached hydrogens (tertiary/aromatic N) is 1. The van der Waals surface area contributed by atoms with Gasteiger partial charge in [-0.1, -0.05) is 12.2 Å². The van der Waals surface area contributed by atoms with E-state index in [1.165, 1.54) is 0 Å². The summed E-state index contributed by atoms with van der Waals surface area (Å²) in [5, 5.41) is 0. The highest BCUT2D eigenvalue weighted by Gasteiger charge is 2.25. The van der Waals surface area contributed by atoms with Gasteiger partial charge in [-0.2, -0.15) is 0 Å². The molecule has 0 aromatic rings. The van der Waals surface area contributed by atoms with Crippen LogP contribution in [0.3, 0.4) is 0 Å². The van der Waals surface area contributed by atoms with Crippen LogP contribution in [0.5, 0.6) is 0 Å². The molecule has 0 aromatic carbocycles. The highest BCUT2D eigenvalue weighted by Crippen LogP contribution is 2.17. The topological polar surface area (TPSA) is 55.6 Å². The largest absolute Gasteiger partial charge is 0.393 e. The Morgan fingerprint density at radius 3 is 2.62 bits per heavy atom. The molecule has 2 N–H and O–H groups in total. The summed E-state index contributed by atoms with van der Waals surface area (Å²) in [5.74, 6) is 0.349. The van der Waals surface area contributed by atoms with E-state index in [1.54, 1.807) is 0 Å². The van der Waals surface area contributed by atoms with Crippen LogP contribution in [-0.4, -0.2) is 42.1 Å². The maximum absolute atomic E-state index is 12.1. The average molecular weight is 244 g/mol. The summed E-state index contributed by atoms with van der Waals surface area (Å²) in [6.07, 6.45) is 2.28. The molecule has 0 atom stereocenters. The van der Waals surface area contributed by atoms with Crippen LogP contribution in [0.1, 0.15) is 26.2 Å². The van der Waals surface area contributed by atoms with Crippen molar-refractivity contribution in [1.29, 1.82) is 0 Å². The molecule has 1 saturated heterocycles. The summed E-state index contributed by atoms with van der Waals surface area (Å²) >= 11 is 4.82. The van der Waals surface area contributed by atoms with Crippen LogP contribution in [0.25, 0.3) is 0 Å². The number of ether oxygens (including phenoxy) is 1. The molecule has 1 aliphatic heterocycles. The number of carbonyl (C=O) groups excluding carboxylic acids is 1. The monoisotopic (exact) mass is 244 g/mol. The molecule has 1 rings (SSSR count). The van der Waals surface area contributed by atoms with Gasteiger partial charge in [0.25, 0.3) is 0 Å². The Hall–Kier alpha value is -0.680. The number of thiocarbonyl (C=S) groups is 1. The molecule has 4 nitrogen and oxygen atoms in total. The van der Waals surface area contributed by atoms with Crippen LogP contribution in [0.2, 0.25) is 0 Å². The molecular weight excluding hydrogens is 224 g/mol. The first-order chi connectivity index (χ1) is 7.65. The molecule has 1 amide bonds. The lowest BCUT2D eigenvalue weighted by atomic mass is 9.98. The van der Waals surface area contributed by atoms with Crippen molar-refractivity contribution in [1.82, 2.24) is 4.90 Å². The van der Waals surface area contributed by atoms with E-state index in [4.69, 9.17) is 22.7 Å². The van der Waals surface area contributed by atoms with Crippen molar-refractivity contribution in [2.75, 3.05) is 26.3 Å². The van der Waals surface area contributed by atoms with Crippen LogP contribution in [0.4, 0.5) is 0 Å². The Morgan fingerprint density at radius 2 is 2.12 bits per heavy atom. The minimum Gasteiger partial charge on any atom is -0.393 e. The van der Waals surface area contributed by atoms with Crippen LogP contribution >= 0.6 is 12.2 Å². The molecule has 0 spiro atoms. The van der Waals surface area contributed by atoms with Crippen molar-refractivity contribution in [3.63, 3.8) is 0 Å². The average Bonchev–Trinajstić information content (AvgIpc) is 2.30. The lowest BCUT2D eigenvalue weighted by Gasteiger charge is -2.28. The van der Waals surface area contributed by atoms with E-state index in [0.29, 0.717) is 31.2 Å². The zero-order valence-corrected chi connectivity index (χ0v) is 10.6. The third-order valence-electron chi connectivity index (χ3n) is 2.89. The van der Waals surface area contributed by atoms with Crippen molar-refractivity contribution in [3.05, 3.63) is 0 Å². The molecule has 0 radical (unpaired) electrons. The molecule has 16 heavy (non-hydrogen) atoms. The van der Waals surface area contributed by atoms with Crippen molar-refractivity contribution in [2.45, 2.75) is 26.2 Å². The molecule has 1 aliphatic rings. The SMILES string of the molecule is CCN(CCC(N)=S)C(=O)C1CCOCC1. The second kappa shape index (κ2) is 6.81. The van der Waals surface area contributed by atoms with Gasteiger partial charge in [-0.25, -0.2) is 0 Å². The highest BCUT2D eigenvalue weighted by atomic mass is 32.1. The van der Waals surface area contributed by atoms with Gasteiger partial charge < -0.3 is 15.4 Å². The van der Waals surface area contributed by atoms with Crippen molar-refractivity contribution in [2.24, 2.45) is 11.7 Å². The number of carbonyl (C=O) groups is 1. The molecule has 0 saturated carbocycles. The van der Waals surface area contributed by atoms with Gasteiger partial charge in [-0.05, 0) is 19.8 Å². The number of amides is 1. The number of nitrogens with two attached hydrogens (primary N) is 1. The summed E-state index contributed by atoms with van der Waals surface area (Å²) < 4.78 is 5.25. The summed E-state index contributed by atoms with van der Waals surface area (Å²) in [6, 6.07) is 0. The molecule has 0 bridgehead atoms. The first-order valence-corrected chi connectivity index (χ1v) is 6.20. The summed E-state index contributed by atoms with van der Waals surface area (Å²) in [5.41, 5.74) is 5.45. The maximum Gasteiger partial charge on any atom is 0.225 e. The van der Waals surface area contributed by atoms with Crippen LogP contribution in [-0.2, 0) is 9.53 Å². The van der Waals surface area contributed by atoms with Crippen molar-refractivity contribution < 1.29 is 9.53 Å². The molecule has 0 unspecified atom stereocenters. The molecule has 92 valence electrons. The molecule has 0 aromatic heterocycles. The van der Waals surface area contributed by atoms with Gasteiger partial charge in [0.15, 0.2) is 0 Å². The highest BCUT2D eigenvalue weighted by molar-refractivity contribution is 7.80. The minimum atomic E-state index is 0.125. The lowest BCUT2D eigenvalue weighted by Crippen LogP contribution is -2.39. The zero-order chi connectivity index (χ0) is 12.0. The second-order valence-corrected chi connectivity index (χ2v) is 4.55. The second-order valence-electron chi connectivity index (χ2n) is 4.02. The van der Waals surface area contributed by atoms with Crippen LogP contribution in [0, 0.1) is 5.92 Å². The van der Waals surface area contributed by atoms with E-state index in [-0.39, 0.29) is 11.8 Å². The molecule has 1 heterocycles. The Kier molecular flexibility index (Phi) is 5.69. The van der Waals surface area contributed by atoms with Gasteiger partial charge in [0, 0.05) is 38.6 Å². The van der Waals surface area contributed by atoms with Gasteiger partial charge >= 0.3 is 0 Å². The van der Waals surface area contributed by atoms with Crippen molar-refractivity contribution in [3.8, 4) is 0 Å². The first kappa shape index (κ1) is 13.4. The summed E-state index contributed by atoms with van der Waals surface area (Å²) in [7, 11) is 0. The molecule has 5 heteroatoms. The van der Waals surface area contributed by atoms with Gasteiger partial charge in [0.2, 0.25) is 5.91 Å². The maximum atomic E-state index is 12.1. The smallest absolute Gasteiger partial charge is 0.225 e. The van der Waals surface area contributed by atoms with Gasteiger partial charge in [0.1, 0.15) is 0 Å². The minimum absolute atomic E-state index is 0.125. The van der Waals surface area contributed by atoms with E-state index in [1.807, 2.05) is 11.8 Å².